The van der Waals surface area contributed by atoms with Gasteiger partial charge in [-0.25, -0.2) is 0 Å². The summed E-state index contributed by atoms with van der Waals surface area (Å²) in [7, 11) is 0. The molecule has 4 heteroatoms. The normalized spacial score (nSPS) is 10.2. The van der Waals surface area contributed by atoms with Gasteiger partial charge >= 0.3 is 0 Å². The van der Waals surface area contributed by atoms with Crippen molar-refractivity contribution in [2.45, 2.75) is 13.3 Å². The second-order valence-corrected chi connectivity index (χ2v) is 4.18. The number of carbonyl (C=O) groups excluding carboxylic acids is 1. The number of benzene rings is 2. The summed E-state index contributed by atoms with van der Waals surface area (Å²) in [5, 5.41) is 21.8. The van der Waals surface area contributed by atoms with Gasteiger partial charge in [0.25, 0.3) is 5.91 Å². The molecule has 0 aliphatic carbocycles. The number of aryl methyl sites for hydroxylation is 1. The summed E-state index contributed by atoms with van der Waals surface area (Å²) < 4.78 is 0. The first-order valence-electron chi connectivity index (χ1n) is 6.03. The molecular weight excluding hydrogens is 242 g/mol. The fraction of sp³-hybridized carbons (Fsp3) is 0.133. The maximum Gasteiger partial charge on any atom is 0.263 e. The molecule has 0 spiro atoms. The highest BCUT2D eigenvalue weighted by Crippen LogP contribution is 2.27. The third kappa shape index (κ3) is 2.85. The van der Waals surface area contributed by atoms with Crippen LogP contribution in [-0.2, 0) is 6.42 Å². The van der Waals surface area contributed by atoms with Crippen molar-refractivity contribution in [3.05, 3.63) is 53.6 Å². The number of carbonyl (C=O) groups is 1. The Bertz CT molecular complexity index is 571. The molecule has 0 unspecified atom stereocenters. The average molecular weight is 257 g/mol. The number of anilines is 1. The van der Waals surface area contributed by atoms with Gasteiger partial charge in [-0.3, -0.25) is 4.79 Å². The van der Waals surface area contributed by atoms with Crippen LogP contribution in [0, 0.1) is 0 Å². The van der Waals surface area contributed by atoms with E-state index >= 15 is 0 Å². The molecule has 0 radical (unpaired) electrons. The third-order valence-electron chi connectivity index (χ3n) is 2.87. The number of phenolic OH excluding ortho intramolecular Hbond substituents is 2. The first-order chi connectivity index (χ1) is 9.11. The van der Waals surface area contributed by atoms with Crippen LogP contribution in [0.4, 0.5) is 5.69 Å². The van der Waals surface area contributed by atoms with Crippen LogP contribution < -0.4 is 5.32 Å². The smallest absolute Gasteiger partial charge is 0.263 e. The second kappa shape index (κ2) is 5.44. The highest BCUT2D eigenvalue weighted by atomic mass is 16.3. The summed E-state index contributed by atoms with van der Waals surface area (Å²) in [5.74, 6) is -1.04. The van der Waals surface area contributed by atoms with Gasteiger partial charge in [0.1, 0.15) is 17.1 Å². The molecule has 0 bridgehead atoms. The Balaban J connectivity index is 2.21. The van der Waals surface area contributed by atoms with Gasteiger partial charge in [0.05, 0.1) is 0 Å². The van der Waals surface area contributed by atoms with Gasteiger partial charge in [0.15, 0.2) is 0 Å². The largest absolute Gasteiger partial charge is 0.507 e. The molecule has 19 heavy (non-hydrogen) atoms. The molecule has 0 heterocycles. The Hall–Kier alpha value is -2.49. The lowest BCUT2D eigenvalue weighted by Gasteiger charge is -2.08. The van der Waals surface area contributed by atoms with Gasteiger partial charge in [0.2, 0.25) is 0 Å². The summed E-state index contributed by atoms with van der Waals surface area (Å²) in [6, 6.07) is 11.6. The maximum atomic E-state index is 12.0. The van der Waals surface area contributed by atoms with Crippen molar-refractivity contribution in [2.75, 3.05) is 5.32 Å². The summed E-state index contributed by atoms with van der Waals surface area (Å²) in [6.07, 6.45) is 0.925. The molecule has 2 aromatic carbocycles. The number of amides is 1. The van der Waals surface area contributed by atoms with E-state index in [0.29, 0.717) is 5.69 Å². The molecule has 0 atom stereocenters. The van der Waals surface area contributed by atoms with Crippen LogP contribution in [0.25, 0.3) is 0 Å². The molecule has 0 fully saturated rings. The van der Waals surface area contributed by atoms with E-state index in [4.69, 9.17) is 0 Å². The fourth-order valence-electron chi connectivity index (χ4n) is 1.78. The maximum absolute atomic E-state index is 12.0. The molecule has 0 aliphatic heterocycles. The van der Waals surface area contributed by atoms with E-state index in [-0.39, 0.29) is 17.1 Å². The van der Waals surface area contributed by atoms with Gasteiger partial charge in [0, 0.05) is 5.69 Å². The van der Waals surface area contributed by atoms with Crippen LogP contribution in [0.15, 0.2) is 42.5 Å². The number of rotatable bonds is 3. The number of hydrogen-bond acceptors (Lipinski definition) is 3. The van der Waals surface area contributed by atoms with Crippen molar-refractivity contribution in [1.82, 2.24) is 0 Å². The van der Waals surface area contributed by atoms with Crippen molar-refractivity contribution in [1.29, 1.82) is 0 Å². The first kappa shape index (κ1) is 13.0. The predicted octanol–water partition coefficient (Wildman–Crippen LogP) is 2.91. The fourth-order valence-corrected chi connectivity index (χ4v) is 1.78. The molecule has 0 aromatic heterocycles. The minimum atomic E-state index is -0.542. The predicted molar refractivity (Wildman–Crippen MR) is 73.5 cm³/mol. The molecular formula is C15H15NO3. The monoisotopic (exact) mass is 257 g/mol. The molecule has 0 saturated heterocycles. The lowest BCUT2D eigenvalue weighted by molar-refractivity contribution is 0.102. The van der Waals surface area contributed by atoms with Crippen LogP contribution >= 0.6 is 0 Å². The third-order valence-corrected chi connectivity index (χ3v) is 2.87. The average Bonchev–Trinajstić information content (AvgIpc) is 2.39. The van der Waals surface area contributed by atoms with Crippen LogP contribution in [0.2, 0.25) is 0 Å². The summed E-state index contributed by atoms with van der Waals surface area (Å²) in [6.45, 7) is 2.05. The highest BCUT2D eigenvalue weighted by Gasteiger charge is 2.15. The molecule has 2 rings (SSSR count). The molecule has 98 valence electrons. The van der Waals surface area contributed by atoms with Crippen molar-refractivity contribution >= 4 is 11.6 Å². The zero-order chi connectivity index (χ0) is 13.8. The van der Waals surface area contributed by atoms with Gasteiger partial charge < -0.3 is 15.5 Å². The van der Waals surface area contributed by atoms with Gasteiger partial charge in [-0.2, -0.15) is 0 Å². The topological polar surface area (TPSA) is 69.6 Å². The zero-order valence-corrected chi connectivity index (χ0v) is 10.6. The molecule has 4 nitrogen and oxygen atoms in total. The van der Waals surface area contributed by atoms with Crippen molar-refractivity contribution in [3.63, 3.8) is 0 Å². The molecule has 2 aromatic rings. The Kier molecular flexibility index (Phi) is 3.71. The van der Waals surface area contributed by atoms with Crippen LogP contribution in [-0.4, -0.2) is 16.1 Å². The van der Waals surface area contributed by atoms with E-state index in [2.05, 4.69) is 5.32 Å². The van der Waals surface area contributed by atoms with Crippen molar-refractivity contribution in [2.24, 2.45) is 0 Å². The minimum absolute atomic E-state index is 0.123. The van der Waals surface area contributed by atoms with E-state index in [1.54, 1.807) is 12.1 Å². The standard InChI is InChI=1S/C15H15NO3/c1-2-10-6-8-11(9-7-10)16-15(19)14-12(17)4-3-5-13(14)18/h3-9,17-18H,2H2,1H3,(H,16,19). The van der Waals surface area contributed by atoms with E-state index < -0.39 is 5.91 Å². The van der Waals surface area contributed by atoms with Crippen LogP contribution in [0.3, 0.4) is 0 Å². The summed E-state index contributed by atoms with van der Waals surface area (Å²) in [4.78, 5) is 12.0. The number of aromatic hydroxyl groups is 2. The van der Waals surface area contributed by atoms with Gasteiger partial charge in [-0.05, 0) is 36.2 Å². The molecule has 0 saturated carbocycles. The molecule has 3 N–H and O–H groups in total. The Morgan fingerprint density at radius 1 is 1.05 bits per heavy atom. The zero-order valence-electron chi connectivity index (χ0n) is 10.6. The molecule has 1 amide bonds. The van der Waals surface area contributed by atoms with E-state index in [1.165, 1.54) is 23.8 Å². The van der Waals surface area contributed by atoms with Gasteiger partial charge in [-0.1, -0.05) is 25.1 Å². The van der Waals surface area contributed by atoms with E-state index in [9.17, 15) is 15.0 Å². The highest BCUT2D eigenvalue weighted by molar-refractivity contribution is 6.08. The lowest BCUT2D eigenvalue weighted by Crippen LogP contribution is -2.12. The second-order valence-electron chi connectivity index (χ2n) is 4.18. The number of phenols is 2. The number of nitrogens with one attached hydrogen (secondary N) is 1. The first-order valence-corrected chi connectivity index (χ1v) is 6.03. The summed E-state index contributed by atoms with van der Waals surface area (Å²) in [5.41, 5.74) is 1.66. The Labute approximate surface area is 111 Å². The number of hydrogen-bond donors (Lipinski definition) is 3. The van der Waals surface area contributed by atoms with E-state index in [1.807, 2.05) is 19.1 Å². The van der Waals surface area contributed by atoms with Crippen LogP contribution in [0.1, 0.15) is 22.8 Å². The van der Waals surface area contributed by atoms with Crippen molar-refractivity contribution in [3.8, 4) is 11.5 Å². The van der Waals surface area contributed by atoms with Crippen LogP contribution in [0.5, 0.6) is 11.5 Å². The van der Waals surface area contributed by atoms with Crippen molar-refractivity contribution < 1.29 is 15.0 Å². The summed E-state index contributed by atoms with van der Waals surface area (Å²) >= 11 is 0. The lowest BCUT2D eigenvalue weighted by atomic mass is 10.1. The SMILES string of the molecule is CCc1ccc(NC(=O)c2c(O)cccc2O)cc1. The minimum Gasteiger partial charge on any atom is -0.507 e. The van der Waals surface area contributed by atoms with E-state index in [0.717, 1.165) is 6.42 Å². The molecule has 0 aliphatic rings. The Morgan fingerprint density at radius 3 is 2.16 bits per heavy atom. The Morgan fingerprint density at radius 2 is 1.63 bits per heavy atom. The quantitative estimate of drug-likeness (QED) is 0.791. The van der Waals surface area contributed by atoms with Gasteiger partial charge in [-0.15, -0.1) is 0 Å².